The van der Waals surface area contributed by atoms with Crippen LogP contribution in [0.15, 0.2) is 33.0 Å². The first-order valence-corrected chi connectivity index (χ1v) is 15.1. The molecule has 43 heavy (non-hydrogen) atoms. The van der Waals surface area contributed by atoms with Crippen molar-refractivity contribution in [3.63, 3.8) is 0 Å². The molecule has 10 atom stereocenters. The van der Waals surface area contributed by atoms with Gasteiger partial charge in [0.1, 0.15) is 36.6 Å². The Morgan fingerprint density at radius 2 is 1.49 bits per heavy atom. The number of anilines is 1. The molecule has 0 aromatic carbocycles. The van der Waals surface area contributed by atoms with E-state index in [-0.39, 0.29) is 17.1 Å². The van der Waals surface area contributed by atoms with Gasteiger partial charge in [-0.2, -0.15) is 4.98 Å². The molecule has 6 rings (SSSR count). The van der Waals surface area contributed by atoms with Crippen molar-refractivity contribution >= 4 is 32.8 Å². The zero-order valence-electron chi connectivity index (χ0n) is 21.2. The van der Waals surface area contributed by atoms with Crippen molar-refractivity contribution in [3.8, 4) is 0 Å². The monoisotopic (exact) mass is 649 g/mol. The normalized spacial score (nSPS) is 38.7. The summed E-state index contributed by atoms with van der Waals surface area (Å²) in [5, 5.41) is 21.8. The van der Waals surface area contributed by atoms with E-state index >= 15 is 0 Å². The van der Waals surface area contributed by atoms with Gasteiger partial charge in [0.2, 0.25) is 5.95 Å². The molecule has 3 fully saturated rings. The van der Waals surface area contributed by atoms with Crippen LogP contribution in [0.25, 0.3) is 11.2 Å². The Balaban J connectivity index is 1.29. The summed E-state index contributed by atoms with van der Waals surface area (Å²) >= 11 is 0. The van der Waals surface area contributed by atoms with Gasteiger partial charge in [0.25, 0.3) is 26.8 Å². The Morgan fingerprint density at radius 3 is 2.05 bits per heavy atom. The van der Waals surface area contributed by atoms with E-state index in [4.69, 9.17) is 33.3 Å². The van der Waals surface area contributed by atoms with Crippen LogP contribution in [0.1, 0.15) is 12.5 Å². The lowest BCUT2D eigenvalue weighted by Gasteiger charge is -2.34. The van der Waals surface area contributed by atoms with E-state index < -0.39 is 94.7 Å². The first kappa shape index (κ1) is 29.9. The van der Waals surface area contributed by atoms with Gasteiger partial charge >= 0.3 is 5.69 Å². The molecular weight excluding hydrogens is 628 g/mol. The number of fused-ring (bicyclic) bond motifs is 3. The van der Waals surface area contributed by atoms with E-state index in [1.165, 1.54) is 0 Å². The molecule has 3 aliphatic heterocycles. The molecule has 0 radical (unpaired) electrons. The summed E-state index contributed by atoms with van der Waals surface area (Å²) < 4.78 is 58.4. The molecular formula is C19H21N7O15P2-2. The minimum Gasteiger partial charge on any atom is -0.756 e. The van der Waals surface area contributed by atoms with Gasteiger partial charge in [-0.1, -0.05) is 0 Å². The number of aromatic amines is 2. The van der Waals surface area contributed by atoms with Crippen molar-refractivity contribution in [2.75, 3.05) is 18.9 Å². The second-order valence-corrected chi connectivity index (χ2v) is 12.3. The average Bonchev–Trinajstić information content (AvgIpc) is 3.56. The number of phosphoric acid groups is 2. The fraction of sp³-hybridized carbons (Fsp3) is 0.526. The van der Waals surface area contributed by atoms with Gasteiger partial charge in [-0.05, 0) is 0 Å². The molecule has 0 amide bonds. The Kier molecular flexibility index (Phi) is 7.52. The number of nitrogens with one attached hydrogen (secondary N) is 2. The first-order chi connectivity index (χ1) is 20.2. The molecule has 4 unspecified atom stereocenters. The van der Waals surface area contributed by atoms with E-state index in [2.05, 4.69) is 15.0 Å². The molecule has 24 heteroatoms. The van der Waals surface area contributed by atoms with Gasteiger partial charge in [0.05, 0.1) is 19.5 Å². The van der Waals surface area contributed by atoms with Crippen molar-refractivity contribution in [1.82, 2.24) is 29.1 Å². The molecule has 3 aromatic rings. The van der Waals surface area contributed by atoms with Crippen LogP contribution in [0.2, 0.25) is 0 Å². The summed E-state index contributed by atoms with van der Waals surface area (Å²) in [5.41, 5.74) is 2.72. The Morgan fingerprint density at radius 1 is 0.930 bits per heavy atom. The topological polar surface area (TPSA) is 321 Å². The Bertz CT molecular complexity index is 1820. The molecule has 3 aliphatic rings. The zero-order chi connectivity index (χ0) is 30.8. The predicted molar refractivity (Wildman–Crippen MR) is 131 cm³/mol. The van der Waals surface area contributed by atoms with Crippen LogP contribution in [0.5, 0.6) is 0 Å². The number of aromatic nitrogens is 6. The van der Waals surface area contributed by atoms with E-state index in [1.54, 1.807) is 0 Å². The standard InChI is InChI=1S/C19H23N7O15P2/c20-18-23-14-9(15(30)24-18)21-5-26(14)17-11(29)13-7(39-17)4-37-42(32,33)40-12-6(3-36-43(34,35)41-13)38-16(10(12)28)25-2-1-8(27)22-19(25)31/h1-2,5-7,10-13,16-17,28-29H,3-4H2,(H,32,33)(H,34,35)(H,22,27,31)(H3,20,23,24,30)/p-2/t6-,7-,10?,11?,12+,13+,16-,17-/m1/s1. The molecule has 0 saturated carbocycles. The van der Waals surface area contributed by atoms with Crippen LogP contribution in [-0.2, 0) is 36.7 Å². The second-order valence-electron chi connectivity index (χ2n) is 9.53. The highest BCUT2D eigenvalue weighted by Gasteiger charge is 2.51. The highest BCUT2D eigenvalue weighted by atomic mass is 31.2. The first-order valence-electron chi connectivity index (χ1n) is 12.2. The van der Waals surface area contributed by atoms with Crippen LogP contribution in [-0.4, -0.2) is 89.1 Å². The van der Waals surface area contributed by atoms with Crippen LogP contribution in [0.3, 0.4) is 0 Å². The fourth-order valence-electron chi connectivity index (χ4n) is 4.87. The van der Waals surface area contributed by atoms with Crippen LogP contribution in [0.4, 0.5) is 5.95 Å². The number of nitrogen functional groups attached to an aromatic ring is 1. The molecule has 3 saturated heterocycles. The third-order valence-corrected chi connectivity index (χ3v) is 8.70. The highest BCUT2D eigenvalue weighted by molar-refractivity contribution is 7.46. The lowest BCUT2D eigenvalue weighted by molar-refractivity contribution is -0.244. The third kappa shape index (κ3) is 5.64. The van der Waals surface area contributed by atoms with Crippen molar-refractivity contribution in [3.05, 3.63) is 49.8 Å². The predicted octanol–water partition coefficient (Wildman–Crippen LogP) is -4.48. The number of hydrogen-bond acceptors (Lipinski definition) is 18. The molecule has 234 valence electrons. The molecule has 6 heterocycles. The maximum atomic E-state index is 12.8. The van der Waals surface area contributed by atoms with E-state index in [0.717, 1.165) is 27.7 Å². The fourth-order valence-corrected chi connectivity index (χ4v) is 6.77. The number of aliphatic hydroxyl groups excluding tert-OH is 2. The molecule has 0 bridgehead atoms. The minimum atomic E-state index is -5.37. The lowest BCUT2D eigenvalue weighted by Crippen LogP contribution is -2.41. The summed E-state index contributed by atoms with van der Waals surface area (Å²) in [5.74, 6) is -0.303. The number of rotatable bonds is 2. The second kappa shape index (κ2) is 10.8. The van der Waals surface area contributed by atoms with Crippen molar-refractivity contribution in [1.29, 1.82) is 0 Å². The number of nitrogens with two attached hydrogens (primary N) is 1. The maximum Gasteiger partial charge on any atom is 0.330 e. The molecule has 3 aromatic heterocycles. The number of aliphatic hydroxyl groups is 2. The van der Waals surface area contributed by atoms with Crippen LogP contribution in [0, 0.1) is 0 Å². The summed E-state index contributed by atoms with van der Waals surface area (Å²) in [6, 6.07) is 0.925. The highest BCUT2D eigenvalue weighted by Crippen LogP contribution is 2.50. The van der Waals surface area contributed by atoms with Crippen LogP contribution >= 0.6 is 15.6 Å². The molecule has 0 aliphatic carbocycles. The summed E-state index contributed by atoms with van der Waals surface area (Å²) in [6.45, 7) is -1.97. The summed E-state index contributed by atoms with van der Waals surface area (Å²) in [6.07, 6.45) is -11.9. The summed E-state index contributed by atoms with van der Waals surface area (Å²) in [7, 11) is -10.7. The lowest BCUT2D eigenvalue weighted by atomic mass is 10.1. The SMILES string of the molecule is Nc1nc2c(ncn2[C@@H]2O[C@@H]3COP(=O)([O-])O[C@@H]4C(O)[C@H](n5ccc(=O)[nH]c5=O)O[C@@H]4COP(=O)([O-])O[C@@H]3C2O)c(=O)[nH]1. The third-order valence-electron chi connectivity index (χ3n) is 6.76. The Hall–Kier alpha value is -3.11. The van der Waals surface area contributed by atoms with Crippen LogP contribution < -0.4 is 32.3 Å². The number of phosphoric ester groups is 2. The molecule has 0 spiro atoms. The van der Waals surface area contributed by atoms with Crippen molar-refractivity contribution in [2.24, 2.45) is 0 Å². The summed E-state index contributed by atoms with van der Waals surface area (Å²) in [4.78, 5) is 73.4. The quantitative estimate of drug-likeness (QED) is 0.163. The number of nitrogens with zero attached hydrogens (tertiary/aromatic N) is 4. The van der Waals surface area contributed by atoms with Gasteiger partial charge in [-0.15, -0.1) is 0 Å². The van der Waals surface area contributed by atoms with E-state index in [0.29, 0.717) is 0 Å². The number of imidazole rings is 1. The molecule has 22 nitrogen and oxygen atoms in total. The van der Waals surface area contributed by atoms with Gasteiger partial charge in [-0.25, -0.2) is 9.78 Å². The van der Waals surface area contributed by atoms with Gasteiger partial charge < -0.3 is 53.3 Å². The number of hydrogen-bond donors (Lipinski definition) is 5. The number of H-pyrrole nitrogens is 2. The zero-order valence-corrected chi connectivity index (χ0v) is 23.0. The van der Waals surface area contributed by atoms with Crippen molar-refractivity contribution in [2.45, 2.75) is 49.1 Å². The van der Waals surface area contributed by atoms with Gasteiger partial charge in [0, 0.05) is 12.3 Å². The minimum absolute atomic E-state index is 0.155. The average molecular weight is 649 g/mol. The Labute approximate surface area is 236 Å². The number of ether oxygens (including phenoxy) is 2. The smallest absolute Gasteiger partial charge is 0.330 e. The van der Waals surface area contributed by atoms with Crippen molar-refractivity contribution < 1.29 is 56.7 Å². The van der Waals surface area contributed by atoms with E-state index in [1.807, 2.05) is 4.98 Å². The van der Waals surface area contributed by atoms with E-state index in [9.17, 15) is 43.5 Å². The van der Waals surface area contributed by atoms with Gasteiger partial charge in [-0.3, -0.25) is 37.8 Å². The maximum absolute atomic E-state index is 12.8. The largest absolute Gasteiger partial charge is 0.756 e. The van der Waals surface area contributed by atoms with Gasteiger partial charge in [0.15, 0.2) is 23.6 Å². The molecule has 6 N–H and O–H groups in total.